The Balaban J connectivity index is 1.80. The van der Waals surface area contributed by atoms with Gasteiger partial charge in [0.25, 0.3) is 0 Å². The first-order valence-electron chi connectivity index (χ1n) is 6.06. The maximum absolute atomic E-state index is 6.30. The summed E-state index contributed by atoms with van der Waals surface area (Å²) in [5.74, 6) is 0. The molecule has 2 fully saturated rings. The first-order valence-corrected chi connectivity index (χ1v) is 6.06. The summed E-state index contributed by atoms with van der Waals surface area (Å²) in [5.41, 5.74) is 0.432. The summed E-state index contributed by atoms with van der Waals surface area (Å²) in [4.78, 5) is 0. The fraction of sp³-hybridized carbons (Fsp3) is 1.00. The molecule has 14 heavy (non-hydrogen) atoms. The Morgan fingerprint density at radius 1 is 1.07 bits per heavy atom. The molecule has 0 aromatic rings. The zero-order chi connectivity index (χ0) is 10.2. The molecular weight excluding hydrogens is 169 g/mol. The van der Waals surface area contributed by atoms with Gasteiger partial charge in [-0.3, -0.25) is 0 Å². The predicted molar refractivity (Wildman–Crippen MR) is 61.5 cm³/mol. The Bertz CT molecular complexity index is 198. The molecule has 0 bridgehead atoms. The predicted octanol–water partition coefficient (Wildman–Crippen LogP) is 2.59. The standard InChI is InChI=1S/C12H22BN/c1-11(2)8-12(13,9-11)14-10-6-4-3-5-7-10/h10,14H,3-9H2,1-2H3. The van der Waals surface area contributed by atoms with Crippen LogP contribution in [-0.2, 0) is 0 Å². The van der Waals surface area contributed by atoms with Gasteiger partial charge in [0, 0.05) is 6.04 Å². The Kier molecular flexibility index (Phi) is 2.67. The topological polar surface area (TPSA) is 12.0 Å². The molecular formula is C12H22BN. The zero-order valence-electron chi connectivity index (χ0n) is 9.60. The molecule has 0 aliphatic heterocycles. The van der Waals surface area contributed by atoms with Gasteiger partial charge in [0.1, 0.15) is 0 Å². The molecule has 1 N–H and O–H groups in total. The molecule has 78 valence electrons. The third-order valence-electron chi connectivity index (χ3n) is 3.68. The second-order valence-corrected chi connectivity index (χ2v) is 6.15. The summed E-state index contributed by atoms with van der Waals surface area (Å²) in [6.07, 6.45) is 9.13. The minimum absolute atomic E-state index is 0.0362. The van der Waals surface area contributed by atoms with E-state index >= 15 is 0 Å². The van der Waals surface area contributed by atoms with Crippen molar-refractivity contribution in [1.29, 1.82) is 0 Å². The van der Waals surface area contributed by atoms with Crippen LogP contribution in [0.2, 0.25) is 0 Å². The van der Waals surface area contributed by atoms with Gasteiger partial charge in [-0.2, -0.15) is 0 Å². The second kappa shape index (κ2) is 3.55. The fourth-order valence-electron chi connectivity index (χ4n) is 3.41. The second-order valence-electron chi connectivity index (χ2n) is 6.15. The summed E-state index contributed by atoms with van der Waals surface area (Å²) in [6, 6.07) is 0.699. The van der Waals surface area contributed by atoms with Crippen LogP contribution in [0.3, 0.4) is 0 Å². The van der Waals surface area contributed by atoms with Gasteiger partial charge in [0.2, 0.25) is 0 Å². The molecule has 2 heteroatoms. The first-order chi connectivity index (χ1) is 6.49. The Hall–Kier alpha value is 0.0249. The number of hydrogen-bond donors (Lipinski definition) is 1. The van der Waals surface area contributed by atoms with Crippen molar-refractivity contribution < 1.29 is 0 Å². The monoisotopic (exact) mass is 191 g/mol. The first kappa shape index (κ1) is 10.5. The van der Waals surface area contributed by atoms with Gasteiger partial charge in [0.05, 0.1) is 7.85 Å². The molecule has 2 radical (unpaired) electrons. The van der Waals surface area contributed by atoms with Crippen LogP contribution in [-0.4, -0.2) is 19.3 Å². The third kappa shape index (κ3) is 2.33. The average molecular weight is 191 g/mol. The number of nitrogens with one attached hydrogen (secondary N) is 1. The largest absolute Gasteiger partial charge is 0.317 e. The summed E-state index contributed by atoms with van der Waals surface area (Å²) < 4.78 is 0. The smallest absolute Gasteiger partial charge is 0.0954 e. The minimum atomic E-state index is -0.0362. The number of hydrogen-bond acceptors (Lipinski definition) is 1. The summed E-state index contributed by atoms with van der Waals surface area (Å²) >= 11 is 0. The highest BCUT2D eigenvalue weighted by molar-refractivity contribution is 6.16. The molecule has 1 nitrogen and oxygen atoms in total. The van der Waals surface area contributed by atoms with Gasteiger partial charge < -0.3 is 5.32 Å². The maximum atomic E-state index is 6.30. The van der Waals surface area contributed by atoms with Crippen molar-refractivity contribution >= 4 is 7.85 Å². The van der Waals surface area contributed by atoms with Crippen molar-refractivity contribution in [3.05, 3.63) is 0 Å². The minimum Gasteiger partial charge on any atom is -0.317 e. The third-order valence-corrected chi connectivity index (χ3v) is 3.68. The SMILES string of the molecule is [B]C1(NC2CCCCC2)CC(C)(C)C1. The molecule has 2 saturated carbocycles. The number of rotatable bonds is 2. The van der Waals surface area contributed by atoms with Crippen molar-refractivity contribution in [3.8, 4) is 0 Å². The van der Waals surface area contributed by atoms with Crippen LogP contribution in [0.25, 0.3) is 0 Å². The molecule has 0 amide bonds. The molecule has 2 rings (SSSR count). The van der Waals surface area contributed by atoms with Crippen molar-refractivity contribution in [2.75, 3.05) is 0 Å². The van der Waals surface area contributed by atoms with Crippen LogP contribution in [0.1, 0.15) is 58.8 Å². The average Bonchev–Trinajstić information content (AvgIpc) is 2.01. The van der Waals surface area contributed by atoms with E-state index in [1.54, 1.807) is 0 Å². The van der Waals surface area contributed by atoms with E-state index < -0.39 is 0 Å². The van der Waals surface area contributed by atoms with Gasteiger partial charge in [0.15, 0.2) is 0 Å². The lowest BCUT2D eigenvalue weighted by Gasteiger charge is -2.54. The molecule has 0 saturated heterocycles. The van der Waals surface area contributed by atoms with Gasteiger partial charge >= 0.3 is 0 Å². The van der Waals surface area contributed by atoms with Crippen molar-refractivity contribution in [2.45, 2.75) is 70.3 Å². The van der Waals surface area contributed by atoms with E-state index in [9.17, 15) is 0 Å². The molecule has 0 aromatic carbocycles. The quantitative estimate of drug-likeness (QED) is 0.661. The van der Waals surface area contributed by atoms with E-state index in [0.29, 0.717) is 11.5 Å². The van der Waals surface area contributed by atoms with Crippen LogP contribution in [0.15, 0.2) is 0 Å². The van der Waals surface area contributed by atoms with Gasteiger partial charge in [-0.25, -0.2) is 0 Å². The van der Waals surface area contributed by atoms with Gasteiger partial charge in [-0.1, -0.05) is 33.1 Å². The molecule has 2 aliphatic carbocycles. The Labute approximate surface area is 89.4 Å². The molecule has 0 atom stereocenters. The van der Waals surface area contributed by atoms with E-state index in [4.69, 9.17) is 7.85 Å². The highest BCUT2D eigenvalue weighted by Crippen LogP contribution is 2.46. The van der Waals surface area contributed by atoms with Crippen LogP contribution in [0.4, 0.5) is 0 Å². The molecule has 0 spiro atoms. The molecule has 0 aromatic heterocycles. The highest BCUT2D eigenvalue weighted by Gasteiger charge is 2.45. The lowest BCUT2D eigenvalue weighted by molar-refractivity contribution is 0.0791. The summed E-state index contributed by atoms with van der Waals surface area (Å²) in [6.45, 7) is 4.61. The Morgan fingerprint density at radius 3 is 2.14 bits per heavy atom. The molecule has 0 unspecified atom stereocenters. The van der Waals surface area contributed by atoms with E-state index in [1.807, 2.05) is 0 Å². The summed E-state index contributed by atoms with van der Waals surface area (Å²) in [5, 5.41) is 3.67. The fourth-order valence-corrected chi connectivity index (χ4v) is 3.41. The van der Waals surface area contributed by atoms with Gasteiger partial charge in [-0.05, 0) is 36.5 Å². The molecule has 2 aliphatic rings. The van der Waals surface area contributed by atoms with Crippen LogP contribution < -0.4 is 5.32 Å². The van der Waals surface area contributed by atoms with Crippen LogP contribution in [0.5, 0.6) is 0 Å². The van der Waals surface area contributed by atoms with Crippen LogP contribution >= 0.6 is 0 Å². The Morgan fingerprint density at radius 2 is 1.64 bits per heavy atom. The zero-order valence-corrected chi connectivity index (χ0v) is 9.60. The van der Waals surface area contributed by atoms with Crippen molar-refractivity contribution in [2.24, 2.45) is 5.41 Å². The van der Waals surface area contributed by atoms with Crippen molar-refractivity contribution in [1.82, 2.24) is 5.32 Å². The highest BCUT2D eigenvalue weighted by atomic mass is 15.0. The van der Waals surface area contributed by atoms with E-state index in [0.717, 1.165) is 12.8 Å². The normalized spacial score (nSPS) is 31.0. The van der Waals surface area contributed by atoms with E-state index in [-0.39, 0.29) is 5.44 Å². The summed E-state index contributed by atoms with van der Waals surface area (Å²) in [7, 11) is 6.30. The lowest BCUT2D eigenvalue weighted by atomic mass is 9.50. The van der Waals surface area contributed by atoms with Crippen molar-refractivity contribution in [3.63, 3.8) is 0 Å². The van der Waals surface area contributed by atoms with E-state index in [2.05, 4.69) is 19.2 Å². The molecule has 0 heterocycles. The lowest BCUT2D eigenvalue weighted by Crippen LogP contribution is -2.62. The van der Waals surface area contributed by atoms with Crippen LogP contribution in [0, 0.1) is 5.41 Å². The van der Waals surface area contributed by atoms with E-state index in [1.165, 1.54) is 32.1 Å². The van der Waals surface area contributed by atoms with Gasteiger partial charge in [-0.15, -0.1) is 0 Å². The maximum Gasteiger partial charge on any atom is 0.0954 e.